The third-order valence-electron chi connectivity index (χ3n) is 2.42. The fourth-order valence-corrected chi connectivity index (χ4v) is 1.53. The summed E-state index contributed by atoms with van der Waals surface area (Å²) >= 11 is 0. The van der Waals surface area contributed by atoms with E-state index >= 15 is 0 Å². The molecule has 0 bridgehead atoms. The molecule has 1 aromatic rings. The van der Waals surface area contributed by atoms with Gasteiger partial charge in [-0.15, -0.1) is 0 Å². The predicted octanol–water partition coefficient (Wildman–Crippen LogP) is 2.88. The van der Waals surface area contributed by atoms with Gasteiger partial charge in [-0.1, -0.05) is 0 Å². The van der Waals surface area contributed by atoms with Crippen molar-refractivity contribution >= 4 is 5.69 Å². The number of anilines is 1. The lowest BCUT2D eigenvalue weighted by molar-refractivity contribution is -0.141. The first-order valence-electron chi connectivity index (χ1n) is 5.08. The maximum absolute atomic E-state index is 12.3. The maximum Gasteiger partial charge on any atom is 0.433 e. The number of halogens is 3. The Morgan fingerprint density at radius 3 is 2.67 bits per heavy atom. The summed E-state index contributed by atoms with van der Waals surface area (Å²) in [4.78, 5) is 5.03. The average Bonchev–Trinajstić information content (AvgIpc) is 2.38. The number of alkyl halides is 3. The van der Waals surface area contributed by atoms with Crippen molar-refractivity contribution in [2.45, 2.75) is 6.18 Å². The monoisotopic (exact) mass is 251 g/mol. The van der Waals surface area contributed by atoms with Crippen molar-refractivity contribution in [1.82, 2.24) is 4.98 Å². The van der Waals surface area contributed by atoms with Crippen LogP contribution >= 0.6 is 0 Å². The summed E-state index contributed by atoms with van der Waals surface area (Å²) < 4.78 is 37.0. The number of pyridine rings is 1. The number of allylic oxidation sites excluding steroid dienone is 2. The van der Waals surface area contributed by atoms with Gasteiger partial charge in [-0.05, 0) is 24.3 Å². The van der Waals surface area contributed by atoms with Gasteiger partial charge in [0.25, 0.3) is 0 Å². The molecule has 0 fully saturated rings. The van der Waals surface area contributed by atoms with Crippen molar-refractivity contribution in [3.63, 3.8) is 0 Å². The van der Waals surface area contributed by atoms with Crippen LogP contribution in [-0.4, -0.2) is 11.5 Å². The maximum atomic E-state index is 12.3. The Labute approximate surface area is 101 Å². The van der Waals surface area contributed by atoms with E-state index in [1.807, 2.05) is 6.07 Å². The first kappa shape index (κ1) is 12.2. The molecule has 1 aliphatic heterocycles. The van der Waals surface area contributed by atoms with Crippen LogP contribution in [0.15, 0.2) is 42.3 Å². The van der Waals surface area contributed by atoms with Crippen LogP contribution in [-0.2, 0) is 6.18 Å². The molecule has 1 aromatic heterocycles. The highest BCUT2D eigenvalue weighted by Crippen LogP contribution is 2.28. The molecule has 0 saturated heterocycles. The van der Waals surface area contributed by atoms with Crippen LogP contribution in [0.4, 0.5) is 18.9 Å². The first-order chi connectivity index (χ1) is 8.50. The molecule has 2 rings (SSSR count). The number of nitrogens with zero attached hydrogens (tertiary/aromatic N) is 3. The van der Waals surface area contributed by atoms with Crippen molar-refractivity contribution < 1.29 is 13.2 Å². The molecular formula is C12H8F3N3. The minimum absolute atomic E-state index is 0.333. The molecule has 0 aromatic carbocycles. The van der Waals surface area contributed by atoms with Crippen LogP contribution in [0.5, 0.6) is 0 Å². The largest absolute Gasteiger partial charge is 0.433 e. The lowest BCUT2D eigenvalue weighted by Gasteiger charge is -2.22. The molecule has 1 aliphatic rings. The van der Waals surface area contributed by atoms with Crippen LogP contribution in [0, 0.1) is 11.3 Å². The lowest BCUT2D eigenvalue weighted by atomic mass is 10.2. The van der Waals surface area contributed by atoms with Crippen LogP contribution in [0.3, 0.4) is 0 Å². The fourth-order valence-electron chi connectivity index (χ4n) is 1.53. The van der Waals surface area contributed by atoms with Crippen molar-refractivity contribution in [1.29, 1.82) is 5.26 Å². The van der Waals surface area contributed by atoms with E-state index in [4.69, 9.17) is 5.26 Å². The molecule has 2 heterocycles. The number of hydrogen-bond donors (Lipinski definition) is 0. The van der Waals surface area contributed by atoms with Gasteiger partial charge in [0.1, 0.15) is 5.69 Å². The second-order valence-corrected chi connectivity index (χ2v) is 3.67. The molecule has 18 heavy (non-hydrogen) atoms. The minimum Gasteiger partial charge on any atom is -0.342 e. The van der Waals surface area contributed by atoms with Gasteiger partial charge in [-0.3, -0.25) is 0 Å². The van der Waals surface area contributed by atoms with Crippen LogP contribution in [0.1, 0.15) is 5.69 Å². The normalized spacial score (nSPS) is 15.2. The van der Waals surface area contributed by atoms with Crippen molar-refractivity contribution in [2.75, 3.05) is 11.4 Å². The predicted molar refractivity (Wildman–Crippen MR) is 59.4 cm³/mol. The molecule has 0 spiro atoms. The van der Waals surface area contributed by atoms with Crippen molar-refractivity contribution in [3.8, 4) is 6.07 Å². The fraction of sp³-hybridized carbons (Fsp3) is 0.167. The van der Waals surface area contributed by atoms with Gasteiger partial charge in [-0.2, -0.15) is 18.4 Å². The topological polar surface area (TPSA) is 39.9 Å². The van der Waals surface area contributed by atoms with E-state index in [1.165, 1.54) is 6.07 Å². The zero-order chi connectivity index (χ0) is 13.2. The van der Waals surface area contributed by atoms with E-state index in [-0.39, 0.29) is 0 Å². The van der Waals surface area contributed by atoms with Gasteiger partial charge in [0.05, 0.1) is 24.5 Å². The summed E-state index contributed by atoms with van der Waals surface area (Å²) in [6.07, 6.45) is 1.72. The highest BCUT2D eigenvalue weighted by molar-refractivity contribution is 5.53. The summed E-state index contributed by atoms with van der Waals surface area (Å²) in [6, 6.07) is 4.27. The zero-order valence-electron chi connectivity index (χ0n) is 9.15. The number of rotatable bonds is 1. The molecule has 0 amide bonds. The smallest absolute Gasteiger partial charge is 0.342 e. The molecule has 0 radical (unpaired) electrons. The van der Waals surface area contributed by atoms with E-state index < -0.39 is 11.9 Å². The van der Waals surface area contributed by atoms with E-state index in [0.717, 1.165) is 12.3 Å². The number of hydrogen-bond acceptors (Lipinski definition) is 3. The third kappa shape index (κ3) is 2.51. The van der Waals surface area contributed by atoms with Gasteiger partial charge in [0.2, 0.25) is 0 Å². The van der Waals surface area contributed by atoms with Crippen molar-refractivity contribution in [3.05, 3.63) is 47.9 Å². The zero-order valence-corrected chi connectivity index (χ0v) is 9.15. The van der Waals surface area contributed by atoms with Crippen LogP contribution < -0.4 is 4.90 Å². The van der Waals surface area contributed by atoms with Gasteiger partial charge in [-0.25, -0.2) is 4.98 Å². The first-order valence-corrected chi connectivity index (χ1v) is 5.08. The van der Waals surface area contributed by atoms with Crippen molar-refractivity contribution in [2.24, 2.45) is 0 Å². The highest BCUT2D eigenvalue weighted by Gasteiger charge is 2.32. The summed E-state index contributed by atoms with van der Waals surface area (Å²) in [5.74, 6) is 0. The second-order valence-electron chi connectivity index (χ2n) is 3.67. The SMILES string of the molecule is N#CC1=CC=CN(c2ccc(C(F)(F)F)nc2)C1. The van der Waals surface area contributed by atoms with Gasteiger partial charge in [0.15, 0.2) is 0 Å². The molecule has 0 unspecified atom stereocenters. The Kier molecular flexibility index (Phi) is 3.06. The Morgan fingerprint density at radius 2 is 2.11 bits per heavy atom. The summed E-state index contributed by atoms with van der Waals surface area (Å²) in [5, 5.41) is 8.76. The van der Waals surface area contributed by atoms with Gasteiger partial charge >= 0.3 is 6.18 Å². The second kappa shape index (κ2) is 4.53. The Bertz CT molecular complexity index is 535. The van der Waals surface area contributed by atoms with Gasteiger partial charge < -0.3 is 4.90 Å². The van der Waals surface area contributed by atoms with Crippen LogP contribution in [0.25, 0.3) is 0 Å². The molecule has 92 valence electrons. The Hall–Kier alpha value is -2.29. The standard InChI is InChI=1S/C12H8F3N3/c13-12(14,15)11-4-3-10(7-17-11)18-5-1-2-9(6-16)8-18/h1-5,7H,8H2. The third-order valence-corrected chi connectivity index (χ3v) is 2.42. The molecule has 0 N–H and O–H groups in total. The molecule has 0 saturated carbocycles. The van der Waals surface area contributed by atoms with E-state index in [0.29, 0.717) is 17.8 Å². The van der Waals surface area contributed by atoms with E-state index in [2.05, 4.69) is 4.98 Å². The van der Waals surface area contributed by atoms with Crippen LogP contribution in [0.2, 0.25) is 0 Å². The summed E-state index contributed by atoms with van der Waals surface area (Å²) in [7, 11) is 0. The van der Waals surface area contributed by atoms with Gasteiger partial charge in [0, 0.05) is 11.8 Å². The summed E-state index contributed by atoms with van der Waals surface area (Å²) in [5.41, 5.74) is 0.126. The molecule has 6 heteroatoms. The van der Waals surface area contributed by atoms with E-state index in [9.17, 15) is 13.2 Å². The van der Waals surface area contributed by atoms with E-state index in [1.54, 1.807) is 23.3 Å². The Morgan fingerprint density at radius 1 is 1.33 bits per heavy atom. The highest BCUT2D eigenvalue weighted by atomic mass is 19.4. The number of aromatic nitrogens is 1. The quantitative estimate of drug-likeness (QED) is 0.770. The minimum atomic E-state index is -4.44. The molecule has 0 atom stereocenters. The average molecular weight is 251 g/mol. The molecule has 0 aliphatic carbocycles. The Balaban J connectivity index is 2.20. The number of nitriles is 1. The lowest BCUT2D eigenvalue weighted by Crippen LogP contribution is -2.21. The summed E-state index contributed by atoms with van der Waals surface area (Å²) in [6.45, 7) is 0.333. The molecular weight excluding hydrogens is 243 g/mol. The molecule has 3 nitrogen and oxygen atoms in total.